The van der Waals surface area contributed by atoms with E-state index in [1.807, 2.05) is 52.2 Å². The number of benzene rings is 1. The number of morpholine rings is 1. The highest BCUT2D eigenvalue weighted by molar-refractivity contribution is 14.0. The lowest BCUT2D eigenvalue weighted by Crippen LogP contribution is -2.52. The van der Waals surface area contributed by atoms with E-state index in [2.05, 4.69) is 20.4 Å². The summed E-state index contributed by atoms with van der Waals surface area (Å²) in [4.78, 5) is 9.02. The molecule has 1 aliphatic rings. The zero-order chi connectivity index (χ0) is 21.8. The first-order valence-electron chi connectivity index (χ1n) is 10.8. The third-order valence-electron chi connectivity index (χ3n) is 4.83. The van der Waals surface area contributed by atoms with Crippen molar-refractivity contribution in [1.29, 1.82) is 0 Å². The first kappa shape index (κ1) is 27.9. The van der Waals surface area contributed by atoms with Gasteiger partial charge in [0.1, 0.15) is 12.4 Å². The van der Waals surface area contributed by atoms with Crippen LogP contribution in [-0.2, 0) is 11.3 Å². The summed E-state index contributed by atoms with van der Waals surface area (Å²) in [5.74, 6) is 1.54. The highest BCUT2D eigenvalue weighted by Crippen LogP contribution is 2.18. The van der Waals surface area contributed by atoms with Gasteiger partial charge in [0.05, 0.1) is 25.4 Å². The minimum Gasteiger partial charge on any atom is -0.492 e. The van der Waals surface area contributed by atoms with Gasteiger partial charge in [-0.25, -0.2) is 4.99 Å². The fourth-order valence-electron chi connectivity index (χ4n) is 3.19. The normalized spacial score (nSPS) is 17.0. The molecule has 8 nitrogen and oxygen atoms in total. The molecule has 1 unspecified atom stereocenters. The largest absolute Gasteiger partial charge is 0.492 e. The second kappa shape index (κ2) is 14.8. The third kappa shape index (κ3) is 11.3. The predicted molar refractivity (Wildman–Crippen MR) is 137 cm³/mol. The van der Waals surface area contributed by atoms with E-state index in [9.17, 15) is 5.11 Å². The molecule has 1 fully saturated rings. The number of likely N-dealkylation sites (N-methyl/N-ethyl adjacent to an activating group) is 1. The number of nitrogens with zero attached hydrogens (tertiary/aromatic N) is 3. The van der Waals surface area contributed by atoms with Crippen LogP contribution in [0.1, 0.15) is 19.4 Å². The summed E-state index contributed by atoms with van der Waals surface area (Å²) in [6.07, 6.45) is 0. The minimum absolute atomic E-state index is 0. The van der Waals surface area contributed by atoms with Crippen LogP contribution < -0.4 is 15.4 Å². The predicted octanol–water partition coefficient (Wildman–Crippen LogP) is 1.38. The van der Waals surface area contributed by atoms with Crippen molar-refractivity contribution in [3.05, 3.63) is 29.8 Å². The summed E-state index contributed by atoms with van der Waals surface area (Å²) < 4.78 is 11.3. The molecular formula is C22H40IN5O3. The van der Waals surface area contributed by atoms with Crippen molar-refractivity contribution >= 4 is 29.9 Å². The number of para-hydroxylation sites is 1. The van der Waals surface area contributed by atoms with Crippen LogP contribution in [0.5, 0.6) is 5.75 Å². The lowest BCUT2D eigenvalue weighted by molar-refractivity contribution is -0.0201. The highest BCUT2D eigenvalue weighted by atomic mass is 127. The number of aliphatic hydroxyl groups is 1. The Morgan fingerprint density at radius 2 is 1.97 bits per heavy atom. The number of ether oxygens (including phenoxy) is 2. The molecule has 0 aliphatic carbocycles. The van der Waals surface area contributed by atoms with Gasteiger partial charge in [-0.15, -0.1) is 24.0 Å². The van der Waals surface area contributed by atoms with E-state index in [0.29, 0.717) is 32.2 Å². The number of guanidine groups is 1. The fraction of sp³-hybridized carbons (Fsp3) is 0.682. The minimum atomic E-state index is -0.860. The summed E-state index contributed by atoms with van der Waals surface area (Å²) in [5, 5.41) is 17.3. The molecule has 0 aromatic heterocycles. The first-order chi connectivity index (χ1) is 14.4. The maximum atomic E-state index is 10.8. The van der Waals surface area contributed by atoms with E-state index in [0.717, 1.165) is 50.7 Å². The van der Waals surface area contributed by atoms with Crippen LogP contribution in [-0.4, -0.2) is 99.7 Å². The number of rotatable bonds is 11. The number of hydrogen-bond donors (Lipinski definition) is 3. The van der Waals surface area contributed by atoms with Crippen molar-refractivity contribution in [2.45, 2.75) is 26.0 Å². The lowest BCUT2D eigenvalue weighted by atomic mass is 10.1. The number of β-amino-alcohol motifs (C(OH)–C–C–N with tert-alkyl or cyclic N) is 1. The molecule has 1 aromatic rings. The van der Waals surface area contributed by atoms with E-state index >= 15 is 0 Å². The summed E-state index contributed by atoms with van der Waals surface area (Å²) in [6, 6.07) is 7.99. The molecule has 0 radical (unpaired) electrons. The van der Waals surface area contributed by atoms with Crippen LogP contribution in [0.4, 0.5) is 0 Å². The van der Waals surface area contributed by atoms with Gasteiger partial charge in [0.2, 0.25) is 0 Å². The van der Waals surface area contributed by atoms with Gasteiger partial charge < -0.3 is 30.1 Å². The summed E-state index contributed by atoms with van der Waals surface area (Å²) in [5.41, 5.74) is 0.175. The molecule has 1 aliphatic heterocycles. The molecule has 0 saturated carbocycles. The third-order valence-corrected chi connectivity index (χ3v) is 4.83. The van der Waals surface area contributed by atoms with E-state index in [1.54, 1.807) is 0 Å². The average molecular weight is 549 g/mol. The van der Waals surface area contributed by atoms with E-state index < -0.39 is 5.60 Å². The van der Waals surface area contributed by atoms with Crippen molar-refractivity contribution in [3.8, 4) is 5.75 Å². The Kier molecular flexibility index (Phi) is 13.3. The summed E-state index contributed by atoms with van der Waals surface area (Å²) >= 11 is 0. The van der Waals surface area contributed by atoms with E-state index in [1.165, 1.54) is 0 Å². The Bertz CT molecular complexity index is 652. The smallest absolute Gasteiger partial charge is 0.191 e. The lowest BCUT2D eigenvalue weighted by Gasteiger charge is -2.34. The van der Waals surface area contributed by atoms with E-state index in [4.69, 9.17) is 14.5 Å². The van der Waals surface area contributed by atoms with Crippen molar-refractivity contribution < 1.29 is 14.6 Å². The molecule has 9 heteroatoms. The molecule has 178 valence electrons. The van der Waals surface area contributed by atoms with Gasteiger partial charge >= 0.3 is 0 Å². The summed E-state index contributed by atoms with van der Waals surface area (Å²) in [6.45, 7) is 10.8. The topological polar surface area (TPSA) is 81.6 Å². The molecule has 1 aromatic carbocycles. The molecular weight excluding hydrogens is 509 g/mol. The Morgan fingerprint density at radius 1 is 1.26 bits per heavy atom. The molecule has 0 amide bonds. The van der Waals surface area contributed by atoms with Crippen LogP contribution in [0.3, 0.4) is 0 Å². The molecule has 3 N–H and O–H groups in total. The van der Waals surface area contributed by atoms with Crippen LogP contribution in [0.15, 0.2) is 29.3 Å². The maximum absolute atomic E-state index is 10.8. The van der Waals surface area contributed by atoms with Gasteiger partial charge in [-0.1, -0.05) is 18.2 Å². The number of halogens is 1. The molecule has 1 saturated heterocycles. The van der Waals surface area contributed by atoms with E-state index in [-0.39, 0.29) is 24.0 Å². The molecule has 0 bridgehead atoms. The highest BCUT2D eigenvalue weighted by Gasteiger charge is 2.25. The average Bonchev–Trinajstić information content (AvgIpc) is 2.71. The zero-order valence-corrected chi connectivity index (χ0v) is 21.7. The Labute approximate surface area is 204 Å². The van der Waals surface area contributed by atoms with Gasteiger partial charge in [-0.05, 0) is 34.0 Å². The van der Waals surface area contributed by atoms with Crippen molar-refractivity contribution in [2.24, 2.45) is 4.99 Å². The molecule has 1 atom stereocenters. The van der Waals surface area contributed by atoms with Crippen LogP contribution in [0.2, 0.25) is 0 Å². The Hall–Kier alpha value is -1.14. The van der Waals surface area contributed by atoms with Crippen molar-refractivity contribution in [1.82, 2.24) is 20.4 Å². The van der Waals surface area contributed by atoms with Crippen molar-refractivity contribution in [2.75, 3.05) is 73.2 Å². The number of aliphatic imine (C=N–C) groups is 1. The molecule has 0 spiro atoms. The monoisotopic (exact) mass is 549 g/mol. The Morgan fingerprint density at radius 3 is 2.65 bits per heavy atom. The van der Waals surface area contributed by atoms with Gasteiger partial charge in [0, 0.05) is 44.8 Å². The SMILES string of the molecule is CCNC(=NCc1ccccc1OCCN(C)C)NCC(C)(O)CN1CCOCC1.I. The number of nitrogens with one attached hydrogen (secondary N) is 2. The van der Waals surface area contributed by atoms with Crippen LogP contribution in [0.25, 0.3) is 0 Å². The van der Waals surface area contributed by atoms with Crippen LogP contribution in [0, 0.1) is 0 Å². The standard InChI is InChI=1S/C22H39N5O3.HI/c1-5-23-21(25-17-22(2,28)18-27-11-13-29-14-12-27)24-16-19-8-6-7-9-20(19)30-15-10-26(3)4;/h6-9,28H,5,10-18H2,1-4H3,(H2,23,24,25);1H. The fourth-order valence-corrected chi connectivity index (χ4v) is 3.19. The second-order valence-electron chi connectivity index (χ2n) is 8.19. The first-order valence-corrected chi connectivity index (χ1v) is 10.8. The molecule has 31 heavy (non-hydrogen) atoms. The van der Waals surface area contributed by atoms with Gasteiger partial charge in [-0.3, -0.25) is 4.90 Å². The van der Waals surface area contributed by atoms with Gasteiger partial charge in [-0.2, -0.15) is 0 Å². The molecule has 2 rings (SSSR count). The quantitative estimate of drug-likeness (QED) is 0.219. The van der Waals surface area contributed by atoms with Crippen LogP contribution >= 0.6 is 24.0 Å². The second-order valence-corrected chi connectivity index (χ2v) is 8.19. The van der Waals surface area contributed by atoms with Crippen molar-refractivity contribution in [3.63, 3.8) is 0 Å². The number of hydrogen-bond acceptors (Lipinski definition) is 6. The van der Waals surface area contributed by atoms with Gasteiger partial charge in [0.15, 0.2) is 5.96 Å². The zero-order valence-electron chi connectivity index (χ0n) is 19.4. The molecule has 1 heterocycles. The Balaban J connectivity index is 0.00000480. The maximum Gasteiger partial charge on any atom is 0.191 e. The summed E-state index contributed by atoms with van der Waals surface area (Å²) in [7, 11) is 4.06. The van der Waals surface area contributed by atoms with Gasteiger partial charge in [0.25, 0.3) is 0 Å².